The molecule has 0 saturated heterocycles. The van der Waals surface area contributed by atoms with Crippen molar-refractivity contribution in [2.45, 2.75) is 0 Å². The average molecular weight is 515 g/mol. The topological polar surface area (TPSA) is 105 Å². The lowest BCUT2D eigenvalue weighted by Crippen LogP contribution is -2.24. The van der Waals surface area contributed by atoms with E-state index in [0.717, 1.165) is 10.8 Å². The van der Waals surface area contributed by atoms with Crippen LogP contribution >= 0.6 is 0 Å². The lowest BCUT2D eigenvalue weighted by atomic mass is 10.1. The molecular weight excluding hydrogens is 488 g/mol. The highest BCUT2D eigenvalue weighted by atomic mass is 16.5. The molecule has 1 amide bonds. The van der Waals surface area contributed by atoms with Gasteiger partial charge in [0.1, 0.15) is 11.5 Å². The Balaban J connectivity index is 1.29. The Morgan fingerprint density at radius 3 is 2.11 bits per heavy atom. The second-order valence-corrected chi connectivity index (χ2v) is 7.96. The molecule has 0 aromatic heterocycles. The predicted octanol–water partition coefficient (Wildman–Crippen LogP) is 4.61. The van der Waals surface area contributed by atoms with E-state index < -0.39 is 11.9 Å². The van der Waals surface area contributed by atoms with E-state index in [-0.39, 0.29) is 12.2 Å². The van der Waals surface area contributed by atoms with Crippen LogP contribution in [0.3, 0.4) is 0 Å². The monoisotopic (exact) mass is 514 g/mol. The SMILES string of the molecule is COc1cc(C(=O)Oc2ccc(/C=N\NC(=O)COc3ccc4ccccc4c3)cc2)cc(OC)c1OC. The summed E-state index contributed by atoms with van der Waals surface area (Å²) in [6.07, 6.45) is 1.47. The minimum absolute atomic E-state index is 0.175. The van der Waals surface area contributed by atoms with Gasteiger partial charge in [0.05, 0.1) is 33.1 Å². The molecule has 9 heteroatoms. The second kappa shape index (κ2) is 12.3. The number of fused-ring (bicyclic) bond motifs is 1. The smallest absolute Gasteiger partial charge is 0.343 e. The van der Waals surface area contributed by atoms with E-state index in [1.807, 2.05) is 42.5 Å². The van der Waals surface area contributed by atoms with Crippen LogP contribution in [0.4, 0.5) is 0 Å². The first kappa shape index (κ1) is 26.0. The van der Waals surface area contributed by atoms with Crippen molar-refractivity contribution in [3.63, 3.8) is 0 Å². The van der Waals surface area contributed by atoms with Gasteiger partial charge in [-0.25, -0.2) is 10.2 Å². The fourth-order valence-corrected chi connectivity index (χ4v) is 3.60. The molecule has 38 heavy (non-hydrogen) atoms. The van der Waals surface area contributed by atoms with Gasteiger partial charge in [0.25, 0.3) is 5.91 Å². The molecule has 0 unspecified atom stereocenters. The number of ether oxygens (including phenoxy) is 5. The van der Waals surface area contributed by atoms with Gasteiger partial charge in [-0.1, -0.05) is 30.3 Å². The van der Waals surface area contributed by atoms with Crippen molar-refractivity contribution in [1.29, 1.82) is 0 Å². The number of hydrazone groups is 1. The van der Waals surface area contributed by atoms with Gasteiger partial charge in [0.15, 0.2) is 18.1 Å². The molecule has 0 bridgehead atoms. The summed E-state index contributed by atoms with van der Waals surface area (Å²) in [6, 6.07) is 23.2. The third-order valence-electron chi connectivity index (χ3n) is 5.48. The van der Waals surface area contributed by atoms with E-state index in [4.69, 9.17) is 23.7 Å². The quantitative estimate of drug-likeness (QED) is 0.143. The summed E-state index contributed by atoms with van der Waals surface area (Å²) in [5.74, 6) is 0.996. The van der Waals surface area contributed by atoms with Gasteiger partial charge in [-0.2, -0.15) is 5.10 Å². The molecule has 4 aromatic rings. The number of nitrogens with zero attached hydrogens (tertiary/aromatic N) is 1. The van der Waals surface area contributed by atoms with E-state index >= 15 is 0 Å². The van der Waals surface area contributed by atoms with E-state index in [0.29, 0.717) is 34.3 Å². The van der Waals surface area contributed by atoms with Crippen molar-refractivity contribution in [1.82, 2.24) is 5.43 Å². The molecule has 0 aliphatic heterocycles. The van der Waals surface area contributed by atoms with Crippen molar-refractivity contribution < 1.29 is 33.3 Å². The van der Waals surface area contributed by atoms with Crippen LogP contribution in [0, 0.1) is 0 Å². The van der Waals surface area contributed by atoms with Crippen LogP contribution in [0.1, 0.15) is 15.9 Å². The molecule has 0 aliphatic carbocycles. The number of hydrogen-bond acceptors (Lipinski definition) is 8. The number of methoxy groups -OCH3 is 3. The van der Waals surface area contributed by atoms with E-state index in [1.54, 1.807) is 24.3 Å². The molecular formula is C29H26N2O7. The number of carbonyl (C=O) groups excluding carboxylic acids is 2. The van der Waals surface area contributed by atoms with Gasteiger partial charge in [-0.05, 0) is 64.9 Å². The highest BCUT2D eigenvalue weighted by Crippen LogP contribution is 2.38. The minimum Gasteiger partial charge on any atom is -0.493 e. The summed E-state index contributed by atoms with van der Waals surface area (Å²) in [6.45, 7) is -0.175. The number of nitrogens with one attached hydrogen (secondary N) is 1. The first-order valence-electron chi connectivity index (χ1n) is 11.6. The van der Waals surface area contributed by atoms with Gasteiger partial charge in [0, 0.05) is 0 Å². The third kappa shape index (κ3) is 6.38. The largest absolute Gasteiger partial charge is 0.493 e. The van der Waals surface area contributed by atoms with Crippen LogP contribution in [0.25, 0.3) is 10.8 Å². The van der Waals surface area contributed by atoms with Crippen molar-refractivity contribution in [3.05, 3.63) is 90.0 Å². The summed E-state index contributed by atoms with van der Waals surface area (Å²) in [5.41, 5.74) is 3.35. The number of carbonyl (C=O) groups is 2. The van der Waals surface area contributed by atoms with Crippen LogP contribution in [0.5, 0.6) is 28.7 Å². The van der Waals surface area contributed by atoms with Crippen molar-refractivity contribution in [3.8, 4) is 28.7 Å². The molecule has 1 N–H and O–H groups in total. The number of esters is 1. The Labute approximate surface area is 219 Å². The summed E-state index contributed by atoms with van der Waals surface area (Å²) in [7, 11) is 4.41. The Morgan fingerprint density at radius 2 is 1.45 bits per heavy atom. The highest BCUT2D eigenvalue weighted by Gasteiger charge is 2.18. The predicted molar refractivity (Wildman–Crippen MR) is 143 cm³/mol. The Hall–Kier alpha value is -5.05. The molecule has 0 heterocycles. The van der Waals surface area contributed by atoms with E-state index in [9.17, 15) is 9.59 Å². The third-order valence-corrected chi connectivity index (χ3v) is 5.48. The normalized spacial score (nSPS) is 10.7. The number of amides is 1. The van der Waals surface area contributed by atoms with Gasteiger partial charge in [-0.3, -0.25) is 4.79 Å². The minimum atomic E-state index is -0.593. The molecule has 0 spiro atoms. The average Bonchev–Trinajstić information content (AvgIpc) is 2.95. The highest BCUT2D eigenvalue weighted by molar-refractivity contribution is 5.93. The molecule has 0 fully saturated rings. The number of hydrogen-bond donors (Lipinski definition) is 1. The van der Waals surface area contributed by atoms with Crippen LogP contribution in [0.2, 0.25) is 0 Å². The first-order valence-corrected chi connectivity index (χ1v) is 11.6. The van der Waals surface area contributed by atoms with E-state index in [2.05, 4.69) is 10.5 Å². The fraction of sp³-hybridized carbons (Fsp3) is 0.138. The zero-order valence-electron chi connectivity index (χ0n) is 21.1. The van der Waals surface area contributed by atoms with Gasteiger partial charge < -0.3 is 23.7 Å². The van der Waals surface area contributed by atoms with Crippen molar-refractivity contribution in [2.75, 3.05) is 27.9 Å². The number of rotatable bonds is 10. The zero-order valence-corrected chi connectivity index (χ0v) is 21.1. The van der Waals surface area contributed by atoms with Crippen LogP contribution < -0.4 is 29.1 Å². The molecule has 0 radical (unpaired) electrons. The van der Waals surface area contributed by atoms with E-state index in [1.165, 1.54) is 39.7 Å². The molecule has 0 atom stereocenters. The Bertz CT molecular complexity index is 1440. The van der Waals surface area contributed by atoms with Crippen molar-refractivity contribution in [2.24, 2.45) is 5.10 Å². The summed E-state index contributed by atoms with van der Waals surface area (Å²) >= 11 is 0. The second-order valence-electron chi connectivity index (χ2n) is 7.96. The van der Waals surface area contributed by atoms with Crippen LogP contribution in [-0.2, 0) is 4.79 Å². The standard InChI is InChI=1S/C29H26N2O7/c1-34-25-15-22(16-26(35-2)28(25)36-3)29(33)38-23-11-8-19(9-12-23)17-30-31-27(32)18-37-24-13-10-20-6-4-5-7-21(20)14-24/h4-17H,18H2,1-3H3,(H,31,32)/b30-17-. The van der Waals surface area contributed by atoms with Gasteiger partial charge in [0.2, 0.25) is 5.75 Å². The summed E-state index contributed by atoms with van der Waals surface area (Å²) in [5, 5.41) is 6.07. The van der Waals surface area contributed by atoms with Crippen molar-refractivity contribution >= 4 is 28.9 Å². The maximum atomic E-state index is 12.7. The zero-order chi connectivity index (χ0) is 26.9. The Morgan fingerprint density at radius 1 is 0.789 bits per heavy atom. The van der Waals surface area contributed by atoms with Crippen LogP contribution in [-0.4, -0.2) is 46.0 Å². The lowest BCUT2D eigenvalue weighted by molar-refractivity contribution is -0.123. The van der Waals surface area contributed by atoms with Gasteiger partial charge >= 0.3 is 5.97 Å². The number of benzene rings is 4. The van der Waals surface area contributed by atoms with Crippen LogP contribution in [0.15, 0.2) is 84.0 Å². The molecule has 9 nitrogen and oxygen atoms in total. The Kier molecular flexibility index (Phi) is 8.40. The lowest BCUT2D eigenvalue weighted by Gasteiger charge is -2.13. The molecule has 4 rings (SSSR count). The molecule has 0 saturated carbocycles. The maximum Gasteiger partial charge on any atom is 0.343 e. The molecule has 4 aromatic carbocycles. The summed E-state index contributed by atoms with van der Waals surface area (Å²) in [4.78, 5) is 24.7. The molecule has 194 valence electrons. The molecule has 0 aliphatic rings. The fourth-order valence-electron chi connectivity index (χ4n) is 3.60. The first-order chi connectivity index (χ1) is 18.5. The summed E-state index contributed by atoms with van der Waals surface area (Å²) < 4.78 is 26.8. The maximum absolute atomic E-state index is 12.7. The van der Waals surface area contributed by atoms with Gasteiger partial charge in [-0.15, -0.1) is 0 Å².